The van der Waals surface area contributed by atoms with Gasteiger partial charge in [0, 0.05) is 17.7 Å². The average molecular weight is 269 g/mol. The molecule has 0 fully saturated rings. The molecule has 6 heteroatoms. The van der Waals surface area contributed by atoms with Crippen molar-refractivity contribution in [2.45, 2.75) is 0 Å². The second kappa shape index (κ2) is 5.00. The van der Waals surface area contributed by atoms with Gasteiger partial charge >= 0.3 is 0 Å². The van der Waals surface area contributed by atoms with Gasteiger partial charge in [-0.3, -0.25) is 4.79 Å². The quantitative estimate of drug-likeness (QED) is 0.787. The molecule has 3 aromatic rings. The fourth-order valence-electron chi connectivity index (χ4n) is 1.78. The SMILES string of the molecule is COc1ccc(-c2cc(-c3ccc(=O)[nH]n3)on2)cc1. The summed E-state index contributed by atoms with van der Waals surface area (Å²) in [6.45, 7) is 0. The molecule has 0 aliphatic carbocycles. The maximum absolute atomic E-state index is 11.0. The Balaban J connectivity index is 1.92. The lowest BCUT2D eigenvalue weighted by molar-refractivity contribution is 0.414. The molecule has 3 rings (SSSR count). The monoisotopic (exact) mass is 269 g/mol. The van der Waals surface area contributed by atoms with Gasteiger partial charge in [-0.05, 0) is 30.3 Å². The number of ether oxygens (including phenoxy) is 1. The Morgan fingerprint density at radius 2 is 1.90 bits per heavy atom. The van der Waals surface area contributed by atoms with E-state index in [1.165, 1.54) is 6.07 Å². The zero-order chi connectivity index (χ0) is 13.9. The van der Waals surface area contributed by atoms with Gasteiger partial charge in [-0.1, -0.05) is 5.16 Å². The summed E-state index contributed by atoms with van der Waals surface area (Å²) < 4.78 is 10.3. The molecule has 0 amide bonds. The fraction of sp³-hybridized carbons (Fsp3) is 0.0714. The molecule has 0 bridgehead atoms. The molecular weight excluding hydrogens is 258 g/mol. The van der Waals surface area contributed by atoms with Gasteiger partial charge in [-0.15, -0.1) is 0 Å². The molecule has 6 nitrogen and oxygen atoms in total. The van der Waals surface area contributed by atoms with Crippen molar-refractivity contribution < 1.29 is 9.26 Å². The normalized spacial score (nSPS) is 10.4. The number of H-pyrrole nitrogens is 1. The fourth-order valence-corrected chi connectivity index (χ4v) is 1.78. The smallest absolute Gasteiger partial charge is 0.264 e. The zero-order valence-corrected chi connectivity index (χ0v) is 10.7. The van der Waals surface area contributed by atoms with Crippen molar-refractivity contribution in [1.29, 1.82) is 0 Å². The number of hydrogen-bond donors (Lipinski definition) is 1. The van der Waals surface area contributed by atoms with Crippen molar-refractivity contribution in [2.24, 2.45) is 0 Å². The highest BCUT2D eigenvalue weighted by molar-refractivity contribution is 5.65. The molecule has 2 heterocycles. The second-order valence-corrected chi connectivity index (χ2v) is 4.11. The molecule has 0 unspecified atom stereocenters. The third-order valence-electron chi connectivity index (χ3n) is 2.83. The molecule has 0 spiro atoms. The first-order valence-corrected chi connectivity index (χ1v) is 5.93. The minimum absolute atomic E-state index is 0.261. The molecule has 0 saturated heterocycles. The van der Waals surface area contributed by atoms with E-state index in [-0.39, 0.29) is 5.56 Å². The summed E-state index contributed by atoms with van der Waals surface area (Å²) >= 11 is 0. The molecule has 1 aromatic carbocycles. The van der Waals surface area contributed by atoms with Crippen LogP contribution >= 0.6 is 0 Å². The van der Waals surface area contributed by atoms with Gasteiger partial charge in [0.1, 0.15) is 17.1 Å². The molecule has 20 heavy (non-hydrogen) atoms. The first-order valence-electron chi connectivity index (χ1n) is 5.93. The minimum Gasteiger partial charge on any atom is -0.497 e. The standard InChI is InChI=1S/C14H11N3O3/c1-19-10-4-2-9(3-5-10)12-8-13(20-17-12)11-6-7-14(18)16-15-11/h2-8H,1H3,(H,16,18). The van der Waals surface area contributed by atoms with E-state index in [0.717, 1.165) is 11.3 Å². The lowest BCUT2D eigenvalue weighted by Crippen LogP contribution is -2.05. The highest BCUT2D eigenvalue weighted by Gasteiger charge is 2.09. The van der Waals surface area contributed by atoms with Crippen molar-refractivity contribution in [2.75, 3.05) is 7.11 Å². The van der Waals surface area contributed by atoms with E-state index in [1.807, 2.05) is 24.3 Å². The third-order valence-corrected chi connectivity index (χ3v) is 2.83. The molecule has 0 atom stereocenters. The minimum atomic E-state index is -0.261. The molecule has 0 saturated carbocycles. The van der Waals surface area contributed by atoms with Crippen LogP contribution in [0, 0.1) is 0 Å². The Bertz CT molecular complexity index is 754. The van der Waals surface area contributed by atoms with Crippen LogP contribution < -0.4 is 10.3 Å². The van der Waals surface area contributed by atoms with E-state index >= 15 is 0 Å². The van der Waals surface area contributed by atoms with Crippen molar-refractivity contribution in [3.63, 3.8) is 0 Å². The Morgan fingerprint density at radius 3 is 2.55 bits per heavy atom. The number of hydrogen-bond acceptors (Lipinski definition) is 5. The van der Waals surface area contributed by atoms with Crippen LogP contribution in [0.25, 0.3) is 22.7 Å². The number of aromatic nitrogens is 3. The van der Waals surface area contributed by atoms with Crippen LogP contribution in [0.5, 0.6) is 5.75 Å². The van der Waals surface area contributed by atoms with Crippen LogP contribution in [0.15, 0.2) is 51.8 Å². The zero-order valence-electron chi connectivity index (χ0n) is 10.7. The summed E-state index contributed by atoms with van der Waals surface area (Å²) in [5, 5.41) is 10.2. The summed E-state index contributed by atoms with van der Waals surface area (Å²) in [5.74, 6) is 1.27. The Labute approximate surface area is 114 Å². The van der Waals surface area contributed by atoms with Gasteiger partial charge in [0.25, 0.3) is 5.56 Å². The summed E-state index contributed by atoms with van der Waals surface area (Å²) in [5.41, 5.74) is 1.86. The highest BCUT2D eigenvalue weighted by atomic mass is 16.5. The van der Waals surface area contributed by atoms with Crippen molar-refractivity contribution in [1.82, 2.24) is 15.4 Å². The van der Waals surface area contributed by atoms with E-state index < -0.39 is 0 Å². The number of methoxy groups -OCH3 is 1. The van der Waals surface area contributed by atoms with Crippen molar-refractivity contribution >= 4 is 0 Å². The number of nitrogens with zero attached hydrogens (tertiary/aromatic N) is 2. The molecule has 1 N–H and O–H groups in total. The Hall–Kier alpha value is -2.89. The molecule has 0 aliphatic rings. The first kappa shape index (κ1) is 12.2. The van der Waals surface area contributed by atoms with Gasteiger partial charge in [-0.25, -0.2) is 5.10 Å². The van der Waals surface area contributed by atoms with Crippen LogP contribution in [0.3, 0.4) is 0 Å². The maximum atomic E-state index is 11.0. The molecule has 0 aliphatic heterocycles. The molecule has 2 aromatic heterocycles. The predicted molar refractivity (Wildman–Crippen MR) is 72.3 cm³/mol. The van der Waals surface area contributed by atoms with Gasteiger partial charge < -0.3 is 9.26 Å². The molecule has 100 valence electrons. The van der Waals surface area contributed by atoms with E-state index in [1.54, 1.807) is 19.2 Å². The number of aromatic amines is 1. The number of nitrogens with one attached hydrogen (secondary N) is 1. The summed E-state index contributed by atoms with van der Waals surface area (Å²) in [6, 6.07) is 12.2. The number of benzene rings is 1. The largest absolute Gasteiger partial charge is 0.497 e. The summed E-state index contributed by atoms with van der Waals surface area (Å²) in [6.07, 6.45) is 0. The van der Waals surface area contributed by atoms with E-state index in [2.05, 4.69) is 15.4 Å². The van der Waals surface area contributed by atoms with E-state index in [0.29, 0.717) is 17.1 Å². The van der Waals surface area contributed by atoms with Crippen molar-refractivity contribution in [3.05, 3.63) is 52.8 Å². The number of rotatable bonds is 3. The topological polar surface area (TPSA) is 81.0 Å². The highest BCUT2D eigenvalue weighted by Crippen LogP contribution is 2.25. The van der Waals surface area contributed by atoms with E-state index in [4.69, 9.17) is 9.26 Å². The van der Waals surface area contributed by atoms with Gasteiger partial charge in [0.15, 0.2) is 5.76 Å². The van der Waals surface area contributed by atoms with E-state index in [9.17, 15) is 4.79 Å². The van der Waals surface area contributed by atoms with Crippen LogP contribution in [0.1, 0.15) is 0 Å². The van der Waals surface area contributed by atoms with Crippen LogP contribution in [0.2, 0.25) is 0 Å². The van der Waals surface area contributed by atoms with Crippen LogP contribution in [0.4, 0.5) is 0 Å². The van der Waals surface area contributed by atoms with Crippen LogP contribution in [-0.4, -0.2) is 22.5 Å². The Kier molecular flexibility index (Phi) is 3.04. The summed E-state index contributed by atoms with van der Waals surface area (Å²) in [4.78, 5) is 11.0. The molecular formula is C14H11N3O3. The average Bonchev–Trinajstić information content (AvgIpc) is 2.98. The van der Waals surface area contributed by atoms with Gasteiger partial charge in [0.2, 0.25) is 0 Å². The van der Waals surface area contributed by atoms with Crippen molar-refractivity contribution in [3.8, 4) is 28.5 Å². The predicted octanol–water partition coefficient (Wildman–Crippen LogP) is 2.10. The molecule has 0 radical (unpaired) electrons. The maximum Gasteiger partial charge on any atom is 0.264 e. The lowest BCUT2D eigenvalue weighted by Gasteiger charge is -1.99. The van der Waals surface area contributed by atoms with Crippen LogP contribution in [-0.2, 0) is 0 Å². The van der Waals surface area contributed by atoms with Gasteiger partial charge in [0.05, 0.1) is 7.11 Å². The second-order valence-electron chi connectivity index (χ2n) is 4.11. The summed E-state index contributed by atoms with van der Waals surface area (Å²) in [7, 11) is 1.62. The van der Waals surface area contributed by atoms with Gasteiger partial charge in [-0.2, -0.15) is 5.10 Å². The third kappa shape index (κ3) is 2.31. The lowest BCUT2D eigenvalue weighted by atomic mass is 10.1. The first-order chi connectivity index (χ1) is 9.76. The Morgan fingerprint density at radius 1 is 1.10 bits per heavy atom.